The van der Waals surface area contributed by atoms with Crippen LogP contribution < -0.4 is 18.9 Å². The van der Waals surface area contributed by atoms with Crippen LogP contribution in [0.3, 0.4) is 0 Å². The van der Waals surface area contributed by atoms with Crippen molar-refractivity contribution in [1.29, 1.82) is 0 Å². The maximum absolute atomic E-state index is 10.9. The Hall–Kier alpha value is -3.94. The Labute approximate surface area is 181 Å². The van der Waals surface area contributed by atoms with E-state index in [1.54, 1.807) is 57.7 Å². The van der Waals surface area contributed by atoms with E-state index in [1.807, 2.05) is 6.07 Å². The Morgan fingerprint density at radius 2 is 1.10 bits per heavy atom. The van der Waals surface area contributed by atoms with Gasteiger partial charge in [0.05, 0.1) is 35.5 Å². The van der Waals surface area contributed by atoms with Gasteiger partial charge in [-0.3, -0.25) is 0 Å². The summed E-state index contributed by atoms with van der Waals surface area (Å²) in [6, 6.07) is 10.5. The van der Waals surface area contributed by atoms with Gasteiger partial charge in [0, 0.05) is 12.2 Å². The molecule has 31 heavy (non-hydrogen) atoms. The first-order chi connectivity index (χ1) is 14.9. The Bertz CT molecular complexity index is 931. The van der Waals surface area contributed by atoms with Crippen molar-refractivity contribution in [2.24, 2.45) is 0 Å². The summed E-state index contributed by atoms with van der Waals surface area (Å²) >= 11 is 0. The lowest BCUT2D eigenvalue weighted by Crippen LogP contribution is -1.94. The zero-order valence-corrected chi connectivity index (χ0v) is 18.1. The molecule has 2 aromatic carbocycles. The number of benzene rings is 2. The standard InChI is InChI=1S/C12H14O4.C11H12O4/c1-14-10-6-4-9(8-11(10)15-2)5-7-12(13)16-3;1-14-9-5-3-8(4-6-11(12)13)7-10(9)15-2/h4-8H,1-3H3;3-7H,1-2H3,(H,12,13). The predicted molar refractivity (Wildman–Crippen MR) is 117 cm³/mol. The third-order valence-corrected chi connectivity index (χ3v) is 3.85. The quantitative estimate of drug-likeness (QED) is 0.500. The molecule has 0 aromatic heterocycles. The highest BCUT2D eigenvalue weighted by Crippen LogP contribution is 2.28. The first-order valence-electron chi connectivity index (χ1n) is 8.99. The molecule has 166 valence electrons. The highest BCUT2D eigenvalue weighted by atomic mass is 16.5. The molecule has 0 spiro atoms. The van der Waals surface area contributed by atoms with Gasteiger partial charge in [-0.05, 0) is 47.5 Å². The number of ether oxygens (including phenoxy) is 5. The minimum atomic E-state index is -0.982. The van der Waals surface area contributed by atoms with E-state index in [0.717, 1.165) is 17.2 Å². The summed E-state index contributed by atoms with van der Waals surface area (Å²) in [7, 11) is 7.54. The SMILES string of the molecule is COC(=O)C=Cc1ccc(OC)c(OC)c1.COc1ccc(C=CC(=O)O)cc1OC. The lowest BCUT2D eigenvalue weighted by molar-refractivity contribution is -0.135. The van der Waals surface area contributed by atoms with Crippen LogP contribution in [0.15, 0.2) is 48.6 Å². The van der Waals surface area contributed by atoms with Crippen molar-refractivity contribution in [3.05, 3.63) is 59.7 Å². The maximum atomic E-state index is 10.9. The van der Waals surface area contributed by atoms with E-state index in [9.17, 15) is 9.59 Å². The molecular weight excluding hydrogens is 404 g/mol. The molecule has 2 rings (SSSR count). The predicted octanol–water partition coefficient (Wildman–Crippen LogP) is 3.69. The molecule has 0 aliphatic rings. The summed E-state index contributed by atoms with van der Waals surface area (Å²) in [6.45, 7) is 0. The Morgan fingerprint density at radius 1 is 0.677 bits per heavy atom. The van der Waals surface area contributed by atoms with Crippen molar-refractivity contribution in [2.45, 2.75) is 0 Å². The maximum Gasteiger partial charge on any atom is 0.330 e. The van der Waals surface area contributed by atoms with E-state index < -0.39 is 11.9 Å². The van der Waals surface area contributed by atoms with E-state index in [-0.39, 0.29) is 0 Å². The summed E-state index contributed by atoms with van der Waals surface area (Å²) in [5.74, 6) is 1.09. The topological polar surface area (TPSA) is 101 Å². The van der Waals surface area contributed by atoms with Crippen LogP contribution in [0.25, 0.3) is 12.2 Å². The van der Waals surface area contributed by atoms with Crippen molar-refractivity contribution in [3.63, 3.8) is 0 Å². The van der Waals surface area contributed by atoms with Crippen LogP contribution in [0.4, 0.5) is 0 Å². The molecule has 0 fully saturated rings. The molecule has 8 heteroatoms. The molecular formula is C23H26O8. The fourth-order valence-electron chi connectivity index (χ4n) is 2.31. The fourth-order valence-corrected chi connectivity index (χ4v) is 2.31. The number of aliphatic carboxylic acids is 1. The third kappa shape index (κ3) is 8.53. The summed E-state index contributed by atoms with van der Waals surface area (Å²) < 4.78 is 24.9. The smallest absolute Gasteiger partial charge is 0.330 e. The Balaban J connectivity index is 0.000000311. The Kier molecular flexibility index (Phi) is 10.8. The summed E-state index contributed by atoms with van der Waals surface area (Å²) in [5.41, 5.74) is 1.58. The van der Waals surface area contributed by atoms with Crippen LogP contribution in [0.5, 0.6) is 23.0 Å². The number of carbonyl (C=O) groups is 2. The van der Waals surface area contributed by atoms with Gasteiger partial charge in [-0.2, -0.15) is 0 Å². The largest absolute Gasteiger partial charge is 0.493 e. The van der Waals surface area contributed by atoms with Crippen LogP contribution in [0.1, 0.15) is 11.1 Å². The number of esters is 1. The second-order valence-corrected chi connectivity index (χ2v) is 5.76. The highest BCUT2D eigenvalue weighted by Gasteiger charge is 2.03. The highest BCUT2D eigenvalue weighted by molar-refractivity contribution is 5.87. The fraction of sp³-hybridized carbons (Fsp3) is 0.217. The number of rotatable bonds is 8. The number of carboxylic acids is 1. The second-order valence-electron chi connectivity index (χ2n) is 5.76. The molecule has 0 bridgehead atoms. The zero-order valence-electron chi connectivity index (χ0n) is 18.1. The van der Waals surface area contributed by atoms with Crippen LogP contribution in [0.2, 0.25) is 0 Å². The van der Waals surface area contributed by atoms with Crippen LogP contribution in [-0.4, -0.2) is 52.6 Å². The molecule has 0 unspecified atom stereocenters. The van der Waals surface area contributed by atoms with Crippen molar-refractivity contribution in [2.75, 3.05) is 35.5 Å². The van der Waals surface area contributed by atoms with E-state index in [4.69, 9.17) is 24.1 Å². The van der Waals surface area contributed by atoms with Gasteiger partial charge in [-0.25, -0.2) is 9.59 Å². The number of carbonyl (C=O) groups excluding carboxylic acids is 1. The van der Waals surface area contributed by atoms with Crippen molar-refractivity contribution in [3.8, 4) is 23.0 Å². The van der Waals surface area contributed by atoms with E-state index in [2.05, 4.69) is 4.74 Å². The van der Waals surface area contributed by atoms with Gasteiger partial charge in [0.25, 0.3) is 0 Å². The summed E-state index contributed by atoms with van der Waals surface area (Å²) in [5, 5.41) is 8.46. The van der Waals surface area contributed by atoms with Crippen LogP contribution >= 0.6 is 0 Å². The van der Waals surface area contributed by atoms with Gasteiger partial charge in [-0.1, -0.05) is 12.1 Å². The molecule has 8 nitrogen and oxygen atoms in total. The van der Waals surface area contributed by atoms with Crippen LogP contribution in [0, 0.1) is 0 Å². The lowest BCUT2D eigenvalue weighted by Gasteiger charge is -2.07. The van der Waals surface area contributed by atoms with Gasteiger partial charge < -0.3 is 28.8 Å². The van der Waals surface area contributed by atoms with E-state index in [1.165, 1.54) is 26.4 Å². The van der Waals surface area contributed by atoms with Gasteiger partial charge in [0.15, 0.2) is 23.0 Å². The second kappa shape index (κ2) is 13.3. The number of hydrogen-bond acceptors (Lipinski definition) is 7. The first-order valence-corrected chi connectivity index (χ1v) is 8.99. The van der Waals surface area contributed by atoms with Crippen molar-refractivity contribution in [1.82, 2.24) is 0 Å². The number of carboxylic acid groups (broad SMARTS) is 1. The summed E-state index contributed by atoms with van der Waals surface area (Å²) in [6.07, 6.45) is 5.56. The average Bonchev–Trinajstić information content (AvgIpc) is 2.80. The van der Waals surface area contributed by atoms with Crippen LogP contribution in [-0.2, 0) is 14.3 Å². The number of hydrogen-bond donors (Lipinski definition) is 1. The van der Waals surface area contributed by atoms with Crippen molar-refractivity contribution < 1.29 is 38.4 Å². The molecule has 0 aliphatic carbocycles. The van der Waals surface area contributed by atoms with E-state index >= 15 is 0 Å². The molecule has 0 atom stereocenters. The molecule has 0 heterocycles. The lowest BCUT2D eigenvalue weighted by atomic mass is 10.2. The van der Waals surface area contributed by atoms with Gasteiger partial charge >= 0.3 is 11.9 Å². The molecule has 0 radical (unpaired) electrons. The monoisotopic (exact) mass is 430 g/mol. The number of methoxy groups -OCH3 is 5. The third-order valence-electron chi connectivity index (χ3n) is 3.85. The molecule has 0 saturated carbocycles. The van der Waals surface area contributed by atoms with Gasteiger partial charge in [0.2, 0.25) is 0 Å². The molecule has 2 aromatic rings. The molecule has 1 N–H and O–H groups in total. The molecule has 0 amide bonds. The average molecular weight is 430 g/mol. The minimum Gasteiger partial charge on any atom is -0.493 e. The first kappa shape index (κ1) is 25.1. The molecule has 0 saturated heterocycles. The van der Waals surface area contributed by atoms with Gasteiger partial charge in [0.1, 0.15) is 0 Å². The summed E-state index contributed by atoms with van der Waals surface area (Å²) in [4.78, 5) is 21.2. The Morgan fingerprint density at radius 3 is 1.45 bits per heavy atom. The zero-order chi connectivity index (χ0) is 23.2. The van der Waals surface area contributed by atoms with Gasteiger partial charge in [-0.15, -0.1) is 0 Å². The normalized spacial score (nSPS) is 10.2. The minimum absolute atomic E-state index is 0.394. The van der Waals surface area contributed by atoms with Crippen molar-refractivity contribution >= 4 is 24.1 Å². The molecule has 0 aliphatic heterocycles. The van der Waals surface area contributed by atoms with E-state index in [0.29, 0.717) is 23.0 Å².